The van der Waals surface area contributed by atoms with Crippen LogP contribution in [0.2, 0.25) is 0 Å². The molecule has 1 unspecified atom stereocenters. The van der Waals surface area contributed by atoms with Crippen LogP contribution in [0.4, 0.5) is 5.69 Å². The van der Waals surface area contributed by atoms with Crippen molar-refractivity contribution >= 4 is 11.6 Å². The number of aromatic nitrogens is 1. The molecular formula is C13H22N4O. The number of nitrogens with two attached hydrogens (primary N) is 2. The van der Waals surface area contributed by atoms with Crippen molar-refractivity contribution in [3.05, 3.63) is 23.0 Å². The Hall–Kier alpha value is -1.62. The fourth-order valence-corrected chi connectivity index (χ4v) is 2.07. The van der Waals surface area contributed by atoms with Gasteiger partial charge in [-0.15, -0.1) is 0 Å². The molecule has 0 aliphatic rings. The van der Waals surface area contributed by atoms with Gasteiger partial charge in [-0.3, -0.25) is 9.78 Å². The van der Waals surface area contributed by atoms with Gasteiger partial charge in [0.1, 0.15) is 0 Å². The number of carbonyl (C=O) groups excluding carboxylic acids is 1. The van der Waals surface area contributed by atoms with Crippen LogP contribution < -0.4 is 16.8 Å². The second-order valence-corrected chi connectivity index (χ2v) is 4.50. The molecule has 5 heteroatoms. The van der Waals surface area contributed by atoms with E-state index in [-0.39, 0.29) is 6.04 Å². The Labute approximate surface area is 108 Å². The summed E-state index contributed by atoms with van der Waals surface area (Å²) in [7, 11) is 0. The molecule has 1 heterocycles. The number of carbonyl (C=O) groups is 1. The molecule has 0 aromatic carbocycles. The molecular weight excluding hydrogens is 228 g/mol. The molecule has 0 spiro atoms. The average Bonchev–Trinajstić information content (AvgIpc) is 2.26. The fraction of sp³-hybridized carbons (Fsp3) is 0.538. The van der Waals surface area contributed by atoms with Gasteiger partial charge in [0.25, 0.3) is 5.91 Å². The van der Waals surface area contributed by atoms with E-state index in [1.807, 2.05) is 13.0 Å². The second-order valence-electron chi connectivity index (χ2n) is 4.50. The summed E-state index contributed by atoms with van der Waals surface area (Å²) < 4.78 is 0. The first-order valence-corrected chi connectivity index (χ1v) is 6.24. The van der Waals surface area contributed by atoms with Crippen LogP contribution >= 0.6 is 0 Å². The van der Waals surface area contributed by atoms with Gasteiger partial charge in [0.15, 0.2) is 0 Å². The van der Waals surface area contributed by atoms with Gasteiger partial charge in [-0.25, -0.2) is 0 Å². The van der Waals surface area contributed by atoms with Gasteiger partial charge in [-0.2, -0.15) is 0 Å². The Morgan fingerprint density at radius 1 is 1.50 bits per heavy atom. The lowest BCUT2D eigenvalue weighted by Crippen LogP contribution is -2.30. The van der Waals surface area contributed by atoms with Crippen molar-refractivity contribution in [3.8, 4) is 0 Å². The normalized spacial score (nSPS) is 12.2. The second kappa shape index (κ2) is 6.35. The number of rotatable bonds is 6. The van der Waals surface area contributed by atoms with E-state index < -0.39 is 5.91 Å². The van der Waals surface area contributed by atoms with E-state index in [4.69, 9.17) is 11.5 Å². The summed E-state index contributed by atoms with van der Waals surface area (Å²) >= 11 is 0. The number of aryl methyl sites for hydroxylation is 2. The fourth-order valence-electron chi connectivity index (χ4n) is 2.07. The third kappa shape index (κ3) is 3.43. The van der Waals surface area contributed by atoms with E-state index >= 15 is 0 Å². The van der Waals surface area contributed by atoms with Crippen LogP contribution in [0.15, 0.2) is 6.07 Å². The highest BCUT2D eigenvalue weighted by atomic mass is 16.1. The summed E-state index contributed by atoms with van der Waals surface area (Å²) in [5, 5.41) is 3.30. The zero-order chi connectivity index (χ0) is 13.7. The summed E-state index contributed by atoms with van der Waals surface area (Å²) in [6, 6.07) is 1.99. The molecule has 100 valence electrons. The van der Waals surface area contributed by atoms with Gasteiger partial charge in [-0.05, 0) is 26.3 Å². The van der Waals surface area contributed by atoms with Crippen molar-refractivity contribution in [1.29, 1.82) is 0 Å². The van der Waals surface area contributed by atoms with Crippen LogP contribution in [0, 0.1) is 13.8 Å². The SMILES string of the molecule is CCCC(CN)Nc1cc(C)nc(C)c1C(N)=O. The number of nitrogens with zero attached hydrogens (tertiary/aromatic N) is 1. The number of primary amides is 1. The molecule has 5 nitrogen and oxygen atoms in total. The minimum absolute atomic E-state index is 0.147. The van der Waals surface area contributed by atoms with Crippen LogP contribution in [0.25, 0.3) is 0 Å². The van der Waals surface area contributed by atoms with Gasteiger partial charge in [0.2, 0.25) is 0 Å². The van der Waals surface area contributed by atoms with Gasteiger partial charge < -0.3 is 16.8 Å². The lowest BCUT2D eigenvalue weighted by molar-refractivity contribution is 0.1000. The van der Waals surface area contributed by atoms with Crippen molar-refractivity contribution in [2.24, 2.45) is 11.5 Å². The van der Waals surface area contributed by atoms with Crippen LogP contribution in [0.5, 0.6) is 0 Å². The molecule has 1 atom stereocenters. The summed E-state index contributed by atoms with van der Waals surface area (Å²) in [4.78, 5) is 15.8. The molecule has 0 fully saturated rings. The molecule has 0 aliphatic carbocycles. The topological polar surface area (TPSA) is 94.0 Å². The smallest absolute Gasteiger partial charge is 0.252 e. The molecule has 0 saturated carbocycles. The van der Waals surface area contributed by atoms with E-state index in [0.29, 0.717) is 17.8 Å². The van der Waals surface area contributed by atoms with Gasteiger partial charge in [0, 0.05) is 18.3 Å². The monoisotopic (exact) mass is 250 g/mol. The molecule has 0 radical (unpaired) electrons. The molecule has 1 aromatic heterocycles. The third-order valence-electron chi connectivity index (χ3n) is 2.86. The zero-order valence-electron chi connectivity index (χ0n) is 11.3. The number of hydrogen-bond donors (Lipinski definition) is 3. The lowest BCUT2D eigenvalue weighted by Gasteiger charge is -2.20. The molecule has 0 saturated heterocycles. The maximum Gasteiger partial charge on any atom is 0.252 e. The predicted molar refractivity (Wildman–Crippen MR) is 73.6 cm³/mol. The van der Waals surface area contributed by atoms with Crippen LogP contribution in [-0.2, 0) is 0 Å². The Morgan fingerprint density at radius 2 is 2.17 bits per heavy atom. The third-order valence-corrected chi connectivity index (χ3v) is 2.86. The van der Waals surface area contributed by atoms with Crippen molar-refractivity contribution in [3.63, 3.8) is 0 Å². The Balaban J connectivity index is 3.09. The van der Waals surface area contributed by atoms with Gasteiger partial charge >= 0.3 is 0 Å². The Kier molecular flexibility index (Phi) is 5.09. The average molecular weight is 250 g/mol. The highest BCUT2D eigenvalue weighted by molar-refractivity contribution is 5.99. The highest BCUT2D eigenvalue weighted by Gasteiger charge is 2.16. The number of pyridine rings is 1. The maximum atomic E-state index is 11.5. The zero-order valence-corrected chi connectivity index (χ0v) is 11.3. The highest BCUT2D eigenvalue weighted by Crippen LogP contribution is 2.20. The minimum Gasteiger partial charge on any atom is -0.380 e. The van der Waals surface area contributed by atoms with Gasteiger partial charge in [-0.1, -0.05) is 13.3 Å². The van der Waals surface area contributed by atoms with Crippen LogP contribution in [0.3, 0.4) is 0 Å². The molecule has 1 amide bonds. The standard InChI is InChI=1S/C13H22N4O/c1-4-5-10(7-14)17-11-6-8(2)16-9(3)12(11)13(15)18/h6,10H,4-5,7,14H2,1-3H3,(H2,15,18)(H,16,17). The predicted octanol–water partition coefficient (Wildman–Crippen LogP) is 1.34. The molecule has 1 aromatic rings. The quantitative estimate of drug-likeness (QED) is 0.710. The summed E-state index contributed by atoms with van der Waals surface area (Å²) in [5.41, 5.74) is 13.8. The number of anilines is 1. The first kappa shape index (κ1) is 14.4. The number of amides is 1. The van der Waals surface area contributed by atoms with Gasteiger partial charge in [0.05, 0.1) is 16.9 Å². The molecule has 0 aliphatic heterocycles. The molecule has 18 heavy (non-hydrogen) atoms. The summed E-state index contributed by atoms with van der Waals surface area (Å²) in [6.45, 7) is 6.30. The summed E-state index contributed by atoms with van der Waals surface area (Å²) in [5.74, 6) is -0.463. The summed E-state index contributed by atoms with van der Waals surface area (Å²) in [6.07, 6.45) is 1.99. The number of hydrogen-bond acceptors (Lipinski definition) is 4. The van der Waals surface area contributed by atoms with Crippen molar-refractivity contribution in [2.45, 2.75) is 39.7 Å². The first-order chi connectivity index (χ1) is 8.49. The van der Waals surface area contributed by atoms with E-state index in [0.717, 1.165) is 24.2 Å². The molecule has 0 bridgehead atoms. The van der Waals surface area contributed by atoms with E-state index in [1.54, 1.807) is 6.92 Å². The van der Waals surface area contributed by atoms with E-state index in [1.165, 1.54) is 0 Å². The van der Waals surface area contributed by atoms with Crippen LogP contribution in [-0.4, -0.2) is 23.5 Å². The minimum atomic E-state index is -0.463. The first-order valence-electron chi connectivity index (χ1n) is 6.24. The van der Waals surface area contributed by atoms with E-state index in [2.05, 4.69) is 17.2 Å². The molecule has 5 N–H and O–H groups in total. The van der Waals surface area contributed by atoms with Crippen LogP contribution in [0.1, 0.15) is 41.5 Å². The van der Waals surface area contributed by atoms with Crippen molar-refractivity contribution in [1.82, 2.24) is 4.98 Å². The largest absolute Gasteiger partial charge is 0.380 e. The number of nitrogens with one attached hydrogen (secondary N) is 1. The lowest BCUT2D eigenvalue weighted by atomic mass is 10.1. The maximum absolute atomic E-state index is 11.5. The molecule has 1 rings (SSSR count). The van der Waals surface area contributed by atoms with Crippen molar-refractivity contribution < 1.29 is 4.79 Å². The Bertz CT molecular complexity index is 431. The van der Waals surface area contributed by atoms with E-state index in [9.17, 15) is 4.79 Å². The Morgan fingerprint density at radius 3 is 2.67 bits per heavy atom. The van der Waals surface area contributed by atoms with Crippen molar-refractivity contribution in [2.75, 3.05) is 11.9 Å².